The molecule has 3 N–H and O–H groups in total. The van der Waals surface area contributed by atoms with Crippen LogP contribution >= 0.6 is 0 Å². The average Bonchev–Trinajstić information content (AvgIpc) is 2.98. The molecule has 0 saturated heterocycles. The van der Waals surface area contributed by atoms with Crippen LogP contribution in [0.1, 0.15) is 51.4 Å². The van der Waals surface area contributed by atoms with Gasteiger partial charge in [-0.3, -0.25) is 14.4 Å². The highest BCUT2D eigenvalue weighted by Crippen LogP contribution is 2.32. The largest absolute Gasteiger partial charge is 0.481 e. The van der Waals surface area contributed by atoms with Gasteiger partial charge >= 0.3 is 5.97 Å². The fourth-order valence-electron chi connectivity index (χ4n) is 3.59. The summed E-state index contributed by atoms with van der Waals surface area (Å²) in [5.74, 6) is -1.74. The number of primary amides is 1. The molecule has 2 amide bonds. The fraction of sp³-hybridized carbons (Fsp3) is 0.800. The number of hydrogen-bond acceptors (Lipinski definition) is 3. The van der Waals surface area contributed by atoms with Gasteiger partial charge in [-0.1, -0.05) is 12.8 Å². The monoisotopic (exact) mass is 296 g/mol. The van der Waals surface area contributed by atoms with Crippen LogP contribution in [0.15, 0.2) is 0 Å². The molecule has 0 aromatic carbocycles. The third kappa shape index (κ3) is 3.95. The van der Waals surface area contributed by atoms with Crippen LogP contribution in [-0.2, 0) is 14.4 Å². The summed E-state index contributed by atoms with van der Waals surface area (Å²) < 4.78 is 0. The third-order valence-electron chi connectivity index (χ3n) is 4.80. The number of aliphatic carboxylic acids is 1. The van der Waals surface area contributed by atoms with Gasteiger partial charge in [0.25, 0.3) is 0 Å². The number of rotatable bonds is 5. The van der Waals surface area contributed by atoms with Gasteiger partial charge in [-0.15, -0.1) is 0 Å². The zero-order valence-electron chi connectivity index (χ0n) is 12.3. The summed E-state index contributed by atoms with van der Waals surface area (Å²) in [5.41, 5.74) is 5.28. The van der Waals surface area contributed by atoms with E-state index < -0.39 is 11.9 Å². The number of nitrogens with two attached hydrogens (primary N) is 1. The van der Waals surface area contributed by atoms with Crippen molar-refractivity contribution >= 4 is 17.8 Å². The molecule has 0 radical (unpaired) electrons. The summed E-state index contributed by atoms with van der Waals surface area (Å²) in [6, 6.07) is 0.127. The smallest absolute Gasteiger partial charge is 0.306 e. The first-order valence-corrected chi connectivity index (χ1v) is 7.80. The van der Waals surface area contributed by atoms with Crippen LogP contribution < -0.4 is 5.73 Å². The van der Waals surface area contributed by atoms with Gasteiger partial charge < -0.3 is 15.7 Å². The molecule has 6 heteroatoms. The van der Waals surface area contributed by atoms with Crippen molar-refractivity contribution in [3.63, 3.8) is 0 Å². The molecule has 2 aliphatic rings. The second-order valence-corrected chi connectivity index (χ2v) is 6.26. The van der Waals surface area contributed by atoms with Gasteiger partial charge in [-0.05, 0) is 38.5 Å². The van der Waals surface area contributed by atoms with Gasteiger partial charge in [0.15, 0.2) is 0 Å². The minimum absolute atomic E-state index is 0.00969. The van der Waals surface area contributed by atoms with Crippen molar-refractivity contribution in [3.8, 4) is 0 Å². The maximum atomic E-state index is 12.7. The predicted molar refractivity (Wildman–Crippen MR) is 76.2 cm³/mol. The molecule has 0 aliphatic heterocycles. The van der Waals surface area contributed by atoms with Gasteiger partial charge in [0.1, 0.15) is 0 Å². The van der Waals surface area contributed by atoms with Crippen molar-refractivity contribution in [2.24, 2.45) is 17.6 Å². The lowest BCUT2D eigenvalue weighted by Gasteiger charge is -2.34. The van der Waals surface area contributed by atoms with E-state index in [9.17, 15) is 14.4 Å². The summed E-state index contributed by atoms with van der Waals surface area (Å²) >= 11 is 0. The Morgan fingerprint density at radius 3 is 1.95 bits per heavy atom. The first kappa shape index (κ1) is 15.8. The van der Waals surface area contributed by atoms with Crippen LogP contribution in [0.3, 0.4) is 0 Å². The zero-order valence-corrected chi connectivity index (χ0v) is 12.3. The second kappa shape index (κ2) is 6.91. The summed E-state index contributed by atoms with van der Waals surface area (Å²) in [4.78, 5) is 36.5. The fourth-order valence-corrected chi connectivity index (χ4v) is 3.59. The van der Waals surface area contributed by atoms with Crippen molar-refractivity contribution in [1.82, 2.24) is 4.90 Å². The minimum atomic E-state index is -0.773. The van der Waals surface area contributed by atoms with Crippen molar-refractivity contribution in [2.45, 2.75) is 57.4 Å². The van der Waals surface area contributed by atoms with Crippen LogP contribution in [-0.4, -0.2) is 40.4 Å². The van der Waals surface area contributed by atoms with Gasteiger partial charge in [-0.25, -0.2) is 0 Å². The maximum absolute atomic E-state index is 12.7. The van der Waals surface area contributed by atoms with Gasteiger partial charge in [0.2, 0.25) is 11.8 Å². The Hall–Kier alpha value is -1.59. The molecule has 0 aromatic rings. The molecule has 118 valence electrons. The SMILES string of the molecule is NC(=O)CN(C(=O)C1CCC(C(=O)O)CC1)C1CCCC1. The summed E-state index contributed by atoms with van der Waals surface area (Å²) in [6.45, 7) is -0.0115. The number of amides is 2. The highest BCUT2D eigenvalue weighted by molar-refractivity contribution is 5.85. The van der Waals surface area contributed by atoms with E-state index in [1.54, 1.807) is 4.90 Å². The van der Waals surface area contributed by atoms with E-state index in [2.05, 4.69) is 0 Å². The molecule has 0 atom stereocenters. The first-order chi connectivity index (χ1) is 9.99. The predicted octanol–water partition coefficient (Wildman–Crippen LogP) is 1.13. The molecule has 2 aliphatic carbocycles. The molecule has 2 saturated carbocycles. The second-order valence-electron chi connectivity index (χ2n) is 6.26. The van der Waals surface area contributed by atoms with Crippen LogP contribution in [0.5, 0.6) is 0 Å². The number of carbonyl (C=O) groups is 3. The first-order valence-electron chi connectivity index (χ1n) is 7.80. The number of hydrogen-bond donors (Lipinski definition) is 2. The molecule has 0 bridgehead atoms. The Morgan fingerprint density at radius 2 is 1.48 bits per heavy atom. The highest BCUT2D eigenvalue weighted by Gasteiger charge is 2.35. The summed E-state index contributed by atoms with van der Waals surface area (Å²) in [7, 11) is 0. The molecule has 0 aromatic heterocycles. The minimum Gasteiger partial charge on any atom is -0.481 e. The van der Waals surface area contributed by atoms with Crippen LogP contribution in [0.25, 0.3) is 0 Å². The van der Waals surface area contributed by atoms with Crippen LogP contribution in [0.2, 0.25) is 0 Å². The van der Waals surface area contributed by atoms with Gasteiger partial charge in [0.05, 0.1) is 12.5 Å². The Morgan fingerprint density at radius 1 is 0.952 bits per heavy atom. The molecule has 6 nitrogen and oxygen atoms in total. The summed E-state index contributed by atoms with van der Waals surface area (Å²) in [6.07, 6.45) is 6.31. The molecule has 0 unspecified atom stereocenters. The van der Waals surface area contributed by atoms with E-state index in [1.807, 2.05) is 0 Å². The summed E-state index contributed by atoms with van der Waals surface area (Å²) in [5, 5.41) is 9.01. The number of carbonyl (C=O) groups excluding carboxylic acids is 2. The average molecular weight is 296 g/mol. The normalized spacial score (nSPS) is 26.5. The van der Waals surface area contributed by atoms with Crippen LogP contribution in [0, 0.1) is 11.8 Å². The Balaban J connectivity index is 1.98. The van der Waals surface area contributed by atoms with E-state index in [1.165, 1.54) is 0 Å². The molecule has 21 heavy (non-hydrogen) atoms. The molecule has 2 fully saturated rings. The quantitative estimate of drug-likeness (QED) is 0.794. The van der Waals surface area contributed by atoms with Crippen molar-refractivity contribution < 1.29 is 19.5 Å². The van der Waals surface area contributed by atoms with E-state index in [4.69, 9.17) is 10.8 Å². The van der Waals surface area contributed by atoms with E-state index in [0.717, 1.165) is 25.7 Å². The lowest BCUT2D eigenvalue weighted by molar-refractivity contribution is -0.147. The molecular formula is C15H24N2O4. The topological polar surface area (TPSA) is 101 Å². The van der Waals surface area contributed by atoms with E-state index in [0.29, 0.717) is 25.7 Å². The van der Waals surface area contributed by atoms with E-state index >= 15 is 0 Å². The number of carboxylic acids is 1. The third-order valence-corrected chi connectivity index (χ3v) is 4.80. The molecule has 2 rings (SSSR count). The van der Waals surface area contributed by atoms with E-state index in [-0.39, 0.29) is 30.3 Å². The lowest BCUT2D eigenvalue weighted by atomic mass is 9.81. The lowest BCUT2D eigenvalue weighted by Crippen LogP contribution is -2.47. The van der Waals surface area contributed by atoms with Gasteiger partial charge in [0, 0.05) is 12.0 Å². The van der Waals surface area contributed by atoms with Crippen LogP contribution in [0.4, 0.5) is 0 Å². The van der Waals surface area contributed by atoms with Gasteiger partial charge in [-0.2, -0.15) is 0 Å². The number of carboxylic acid groups (broad SMARTS) is 1. The molecule has 0 spiro atoms. The standard InChI is InChI=1S/C15H24N2O4/c16-13(18)9-17(12-3-1-2-4-12)14(19)10-5-7-11(8-6-10)15(20)21/h10-12H,1-9H2,(H2,16,18)(H,20,21). The van der Waals surface area contributed by atoms with Crippen molar-refractivity contribution in [2.75, 3.05) is 6.54 Å². The number of nitrogens with zero attached hydrogens (tertiary/aromatic N) is 1. The Labute approximate surface area is 124 Å². The molecular weight excluding hydrogens is 272 g/mol. The van der Waals surface area contributed by atoms with Crippen molar-refractivity contribution in [3.05, 3.63) is 0 Å². The highest BCUT2D eigenvalue weighted by atomic mass is 16.4. The maximum Gasteiger partial charge on any atom is 0.306 e. The molecule has 0 heterocycles. The Kier molecular flexibility index (Phi) is 5.20. The zero-order chi connectivity index (χ0) is 15.4. The Bertz CT molecular complexity index is 410. The van der Waals surface area contributed by atoms with Crippen molar-refractivity contribution in [1.29, 1.82) is 0 Å².